The van der Waals surface area contributed by atoms with Crippen LogP contribution in [0.3, 0.4) is 0 Å². The van der Waals surface area contributed by atoms with Gasteiger partial charge >= 0.3 is 18.0 Å². The average molecular weight is 392 g/mol. The lowest BCUT2D eigenvalue weighted by Crippen LogP contribution is -2.38. The van der Waals surface area contributed by atoms with E-state index in [0.717, 1.165) is 18.4 Å². The first-order valence-electron chi connectivity index (χ1n) is 8.97. The number of hydrogen-bond acceptors (Lipinski definition) is 5. The fourth-order valence-electron chi connectivity index (χ4n) is 4.05. The van der Waals surface area contributed by atoms with E-state index in [2.05, 4.69) is 10.1 Å². The number of carbonyl (C=O) groups is 3. The Morgan fingerprint density at radius 3 is 2.93 bits per heavy atom. The van der Waals surface area contributed by atoms with Crippen LogP contribution in [0.1, 0.15) is 24.8 Å². The highest BCUT2D eigenvalue weighted by Gasteiger charge is 2.55. The molecule has 2 N–H and O–H groups in total. The van der Waals surface area contributed by atoms with E-state index >= 15 is 0 Å². The molecule has 2 aliphatic rings. The number of methoxy groups -OCH3 is 1. The average Bonchev–Trinajstić information content (AvgIpc) is 3.20. The Morgan fingerprint density at radius 2 is 2.22 bits per heavy atom. The van der Waals surface area contributed by atoms with Crippen LogP contribution < -0.4 is 5.32 Å². The summed E-state index contributed by atoms with van der Waals surface area (Å²) in [6.45, 7) is 0.764. The molecule has 2 amide bonds. The molecule has 2 atom stereocenters. The number of likely N-dealkylation sites (tertiary alicyclic amines) is 1. The van der Waals surface area contributed by atoms with E-state index < -0.39 is 11.4 Å². The molecule has 146 valence electrons. The van der Waals surface area contributed by atoms with Crippen molar-refractivity contribution in [3.63, 3.8) is 0 Å². The standard InChI is InChI=1S/C19H24N2O5S/c1-26-16(22)11-27-10-13-4-2-6-15(8-13)20-18(25)21-9-14-5-3-7-19(14,12-21)17(23)24/h2,4,6,8,14H,3,5,7,9-12H2,1H3,(H,20,25)(H,23,24)/t14-,19+/m0/s1. The fraction of sp³-hybridized carbons (Fsp3) is 0.526. The zero-order valence-corrected chi connectivity index (χ0v) is 16.1. The van der Waals surface area contributed by atoms with Crippen LogP contribution in [0.2, 0.25) is 0 Å². The van der Waals surface area contributed by atoms with Crippen LogP contribution in [0, 0.1) is 11.3 Å². The number of ether oxygens (including phenoxy) is 1. The van der Waals surface area contributed by atoms with E-state index in [0.29, 0.717) is 24.4 Å². The number of urea groups is 1. The Hall–Kier alpha value is -2.22. The van der Waals surface area contributed by atoms with Crippen LogP contribution in [0.4, 0.5) is 10.5 Å². The molecule has 0 unspecified atom stereocenters. The number of aliphatic carboxylic acids is 1. The molecule has 1 saturated heterocycles. The molecule has 1 saturated carbocycles. The van der Waals surface area contributed by atoms with Crippen molar-refractivity contribution >= 4 is 35.4 Å². The second kappa shape index (κ2) is 8.21. The summed E-state index contributed by atoms with van der Waals surface area (Å²) in [4.78, 5) is 37.2. The van der Waals surface area contributed by atoms with Gasteiger partial charge in [0.25, 0.3) is 0 Å². The second-order valence-corrected chi connectivity index (χ2v) is 8.12. The van der Waals surface area contributed by atoms with Crippen LogP contribution in [0.25, 0.3) is 0 Å². The van der Waals surface area contributed by atoms with Crippen molar-refractivity contribution in [1.82, 2.24) is 4.90 Å². The second-order valence-electron chi connectivity index (χ2n) is 7.13. The summed E-state index contributed by atoms with van der Waals surface area (Å²) < 4.78 is 4.61. The van der Waals surface area contributed by atoms with Crippen LogP contribution in [-0.2, 0) is 20.1 Å². The van der Waals surface area contributed by atoms with Gasteiger partial charge in [0.15, 0.2) is 0 Å². The van der Waals surface area contributed by atoms with E-state index in [9.17, 15) is 19.5 Å². The largest absolute Gasteiger partial charge is 0.481 e. The van der Waals surface area contributed by atoms with Gasteiger partial charge in [-0.25, -0.2) is 4.79 Å². The first-order chi connectivity index (χ1) is 12.9. The predicted molar refractivity (Wildman–Crippen MR) is 103 cm³/mol. The number of rotatable bonds is 6. The Kier molecular flexibility index (Phi) is 5.94. The van der Waals surface area contributed by atoms with Crippen molar-refractivity contribution in [2.24, 2.45) is 11.3 Å². The maximum Gasteiger partial charge on any atom is 0.321 e. The van der Waals surface area contributed by atoms with Gasteiger partial charge in [0.05, 0.1) is 18.3 Å². The van der Waals surface area contributed by atoms with E-state index in [1.165, 1.54) is 18.9 Å². The normalized spacial score (nSPS) is 23.7. The van der Waals surface area contributed by atoms with Crippen molar-refractivity contribution in [2.45, 2.75) is 25.0 Å². The van der Waals surface area contributed by atoms with E-state index in [1.54, 1.807) is 11.0 Å². The molecule has 1 aliphatic carbocycles. The number of esters is 1. The zero-order valence-electron chi connectivity index (χ0n) is 15.3. The molecule has 1 aliphatic heterocycles. The Balaban J connectivity index is 1.58. The Bertz CT molecular complexity index is 741. The number of carboxylic acids is 1. The van der Waals surface area contributed by atoms with Crippen molar-refractivity contribution < 1.29 is 24.2 Å². The number of nitrogens with one attached hydrogen (secondary N) is 1. The molecule has 2 fully saturated rings. The fourth-order valence-corrected chi connectivity index (χ4v) is 4.85. The number of thioether (sulfide) groups is 1. The van der Waals surface area contributed by atoms with Crippen LogP contribution in [-0.4, -0.2) is 53.9 Å². The number of benzene rings is 1. The molecular weight excluding hydrogens is 368 g/mol. The predicted octanol–water partition coefficient (Wildman–Crippen LogP) is 2.81. The van der Waals surface area contributed by atoms with Gasteiger partial charge in [-0.05, 0) is 36.5 Å². The lowest BCUT2D eigenvalue weighted by Gasteiger charge is -2.23. The van der Waals surface area contributed by atoms with Gasteiger partial charge in [0, 0.05) is 24.5 Å². The third kappa shape index (κ3) is 4.21. The SMILES string of the molecule is COC(=O)CSCc1cccc(NC(=O)N2C[C@@H]3CCC[C@@]3(C(=O)O)C2)c1. The summed E-state index contributed by atoms with van der Waals surface area (Å²) in [6.07, 6.45) is 2.42. The molecule has 1 heterocycles. The Morgan fingerprint density at radius 1 is 1.41 bits per heavy atom. The van der Waals surface area contributed by atoms with Gasteiger partial charge in [0.1, 0.15) is 0 Å². The summed E-state index contributed by atoms with van der Waals surface area (Å²) in [5.41, 5.74) is 0.878. The van der Waals surface area contributed by atoms with Crippen molar-refractivity contribution in [2.75, 3.05) is 31.3 Å². The van der Waals surface area contributed by atoms with Crippen LogP contribution in [0.15, 0.2) is 24.3 Å². The maximum atomic E-state index is 12.6. The van der Waals surface area contributed by atoms with E-state index in [-0.39, 0.29) is 30.2 Å². The number of carbonyl (C=O) groups excluding carboxylic acids is 2. The molecule has 0 spiro atoms. The topological polar surface area (TPSA) is 95.9 Å². The quantitative estimate of drug-likeness (QED) is 0.723. The minimum Gasteiger partial charge on any atom is -0.481 e. The highest BCUT2D eigenvalue weighted by atomic mass is 32.2. The summed E-state index contributed by atoms with van der Waals surface area (Å²) in [6, 6.07) is 7.19. The number of fused-ring (bicyclic) bond motifs is 1. The molecule has 8 heteroatoms. The molecule has 1 aromatic rings. The summed E-state index contributed by atoms with van der Waals surface area (Å²) in [5, 5.41) is 12.5. The molecular formula is C19H24N2O5S. The molecule has 27 heavy (non-hydrogen) atoms. The lowest BCUT2D eigenvalue weighted by molar-refractivity contribution is -0.149. The highest BCUT2D eigenvalue weighted by molar-refractivity contribution is 7.99. The number of nitrogens with zero attached hydrogens (tertiary/aromatic N) is 1. The molecule has 0 bridgehead atoms. The van der Waals surface area contributed by atoms with Crippen molar-refractivity contribution in [1.29, 1.82) is 0 Å². The number of anilines is 1. The zero-order chi connectivity index (χ0) is 19.4. The minimum atomic E-state index is -0.787. The highest BCUT2D eigenvalue weighted by Crippen LogP contribution is 2.48. The third-order valence-electron chi connectivity index (χ3n) is 5.48. The van der Waals surface area contributed by atoms with E-state index in [1.807, 2.05) is 18.2 Å². The molecule has 3 rings (SSSR count). The number of carboxylic acid groups (broad SMARTS) is 1. The van der Waals surface area contributed by atoms with Gasteiger partial charge in [-0.1, -0.05) is 18.6 Å². The first-order valence-corrected chi connectivity index (χ1v) is 10.1. The number of amides is 2. The van der Waals surface area contributed by atoms with Gasteiger partial charge in [0.2, 0.25) is 0 Å². The van der Waals surface area contributed by atoms with E-state index in [4.69, 9.17) is 0 Å². The smallest absolute Gasteiger partial charge is 0.321 e. The van der Waals surface area contributed by atoms with Crippen LogP contribution in [0.5, 0.6) is 0 Å². The molecule has 0 aromatic heterocycles. The first kappa shape index (κ1) is 19.5. The molecule has 1 aromatic carbocycles. The van der Waals surface area contributed by atoms with Gasteiger partial charge in [-0.3, -0.25) is 9.59 Å². The Labute approximate surface area is 162 Å². The maximum absolute atomic E-state index is 12.6. The number of hydrogen-bond donors (Lipinski definition) is 2. The summed E-state index contributed by atoms with van der Waals surface area (Å²) in [7, 11) is 1.36. The minimum absolute atomic E-state index is 0.0433. The van der Waals surface area contributed by atoms with Crippen molar-refractivity contribution in [3.8, 4) is 0 Å². The summed E-state index contributed by atoms with van der Waals surface area (Å²) in [5.74, 6) is -0.102. The summed E-state index contributed by atoms with van der Waals surface area (Å²) >= 11 is 1.44. The van der Waals surface area contributed by atoms with Crippen LogP contribution >= 0.6 is 11.8 Å². The lowest BCUT2D eigenvalue weighted by atomic mass is 9.81. The molecule has 0 radical (unpaired) electrons. The van der Waals surface area contributed by atoms with Gasteiger partial charge < -0.3 is 20.1 Å². The monoisotopic (exact) mass is 392 g/mol. The van der Waals surface area contributed by atoms with Crippen molar-refractivity contribution in [3.05, 3.63) is 29.8 Å². The third-order valence-corrected chi connectivity index (χ3v) is 6.46. The van der Waals surface area contributed by atoms with Gasteiger partial charge in [-0.15, -0.1) is 11.8 Å². The molecule has 7 nitrogen and oxygen atoms in total. The van der Waals surface area contributed by atoms with Gasteiger partial charge in [-0.2, -0.15) is 0 Å².